The number of furan rings is 1. The smallest absolute Gasteiger partial charge is 0.322 e. The van der Waals surface area contributed by atoms with Crippen LogP contribution in [0.4, 0.5) is 5.69 Å². The van der Waals surface area contributed by atoms with Crippen molar-refractivity contribution < 1.29 is 27.5 Å². The molecule has 42 heavy (non-hydrogen) atoms. The second-order valence-electron chi connectivity index (χ2n) is 10.2. The number of nitrogens with one attached hydrogen (secondary N) is 2. The summed E-state index contributed by atoms with van der Waals surface area (Å²) in [7, 11) is -4.02. The van der Waals surface area contributed by atoms with Gasteiger partial charge < -0.3 is 14.8 Å². The van der Waals surface area contributed by atoms with Crippen molar-refractivity contribution >= 4 is 38.6 Å². The molecule has 3 N–H and O–H groups in total. The normalized spacial score (nSPS) is 12.4. The second-order valence-corrected chi connectivity index (χ2v) is 11.9. The molecule has 0 saturated carbocycles. The number of aromatic nitrogens is 1. The maximum Gasteiger partial charge on any atom is 0.322 e. The van der Waals surface area contributed by atoms with Crippen LogP contribution in [0.5, 0.6) is 0 Å². The van der Waals surface area contributed by atoms with Gasteiger partial charge in [0, 0.05) is 29.0 Å². The summed E-state index contributed by atoms with van der Waals surface area (Å²) in [6, 6.07) is 21.6. The van der Waals surface area contributed by atoms with Gasteiger partial charge in [0.25, 0.3) is 5.91 Å². The summed E-state index contributed by atoms with van der Waals surface area (Å²) in [4.78, 5) is 28.7. The van der Waals surface area contributed by atoms with Crippen molar-refractivity contribution in [3.05, 3.63) is 103 Å². The third-order valence-electron chi connectivity index (χ3n) is 7.01. The third kappa shape index (κ3) is 5.81. The Morgan fingerprint density at radius 1 is 0.857 bits per heavy atom. The molecule has 3 aromatic carbocycles. The number of benzene rings is 3. The molecule has 1 unspecified atom stereocenters. The first-order valence-corrected chi connectivity index (χ1v) is 14.7. The van der Waals surface area contributed by atoms with Crippen molar-refractivity contribution in [3.8, 4) is 22.3 Å². The number of amides is 1. The van der Waals surface area contributed by atoms with E-state index >= 15 is 0 Å². The molecule has 1 amide bonds. The van der Waals surface area contributed by atoms with E-state index < -0.39 is 28.0 Å². The Balaban J connectivity index is 1.32. The monoisotopic (exact) mass is 583 g/mol. The van der Waals surface area contributed by atoms with Gasteiger partial charge in [0.1, 0.15) is 11.6 Å². The number of nitrogens with zero attached hydrogens (tertiary/aromatic N) is 1. The van der Waals surface area contributed by atoms with Gasteiger partial charge in [0.15, 0.2) is 5.76 Å². The van der Waals surface area contributed by atoms with Crippen LogP contribution in [0.1, 0.15) is 30.0 Å². The van der Waals surface area contributed by atoms with Crippen LogP contribution in [-0.2, 0) is 14.8 Å². The van der Waals surface area contributed by atoms with E-state index in [-0.39, 0.29) is 16.6 Å². The molecule has 0 saturated heterocycles. The van der Waals surface area contributed by atoms with Gasteiger partial charge in [-0.3, -0.25) is 14.6 Å². The number of rotatable bonds is 9. The van der Waals surface area contributed by atoms with Crippen LogP contribution >= 0.6 is 0 Å². The first-order valence-electron chi connectivity index (χ1n) is 13.2. The fourth-order valence-corrected chi connectivity index (χ4v) is 6.10. The lowest BCUT2D eigenvalue weighted by Crippen LogP contribution is -2.44. The van der Waals surface area contributed by atoms with Crippen molar-refractivity contribution in [3.63, 3.8) is 0 Å². The Hall–Kier alpha value is -4.80. The molecule has 1 atom stereocenters. The van der Waals surface area contributed by atoms with E-state index in [2.05, 4.69) is 15.0 Å². The van der Waals surface area contributed by atoms with Gasteiger partial charge in [0.2, 0.25) is 10.0 Å². The lowest BCUT2D eigenvalue weighted by atomic mass is 10.00. The summed E-state index contributed by atoms with van der Waals surface area (Å²) in [5.41, 5.74) is 5.40. The molecule has 0 spiro atoms. The van der Waals surface area contributed by atoms with E-state index in [1.54, 1.807) is 50.5 Å². The quantitative estimate of drug-likeness (QED) is 0.190. The first-order chi connectivity index (χ1) is 20.0. The molecule has 2 heterocycles. The number of carboxylic acid groups (broad SMARTS) is 1. The molecule has 214 valence electrons. The van der Waals surface area contributed by atoms with Crippen LogP contribution in [0.15, 0.2) is 101 Å². The lowest BCUT2D eigenvalue weighted by Gasteiger charge is -2.18. The first kappa shape index (κ1) is 28.7. The van der Waals surface area contributed by atoms with Crippen LogP contribution in [0.3, 0.4) is 0 Å². The van der Waals surface area contributed by atoms with Gasteiger partial charge in [-0.05, 0) is 77.6 Å². The van der Waals surface area contributed by atoms with Crippen LogP contribution in [-0.4, -0.2) is 36.4 Å². The Kier molecular flexibility index (Phi) is 7.93. The maximum atomic E-state index is 13.2. The van der Waals surface area contributed by atoms with Gasteiger partial charge in [-0.2, -0.15) is 4.72 Å². The Morgan fingerprint density at radius 2 is 1.48 bits per heavy atom. The molecule has 5 aromatic rings. The minimum atomic E-state index is -4.02. The standard InChI is InChI=1S/C32H29N3O6S/c1-19(2)29(32(37)38)35-42(39,40)25-13-9-22(10-14-25)21-7-11-24(12-8-21)34-31(36)30-20(3)28-26(5-4-6-27(28)41-30)23-15-17-33-18-16-23/h4-19,29,35H,1-3H3,(H,34,36)(H,37,38). The molecule has 2 aromatic heterocycles. The zero-order valence-corrected chi connectivity index (χ0v) is 24.0. The Bertz CT molecular complexity index is 1860. The molecule has 0 fully saturated rings. The molecule has 9 nitrogen and oxygen atoms in total. The van der Waals surface area contributed by atoms with Gasteiger partial charge in [0.05, 0.1) is 4.90 Å². The van der Waals surface area contributed by atoms with E-state index in [0.29, 0.717) is 11.3 Å². The zero-order valence-electron chi connectivity index (χ0n) is 23.2. The van der Waals surface area contributed by atoms with E-state index in [1.165, 1.54) is 12.1 Å². The van der Waals surface area contributed by atoms with E-state index in [1.807, 2.05) is 49.4 Å². The van der Waals surface area contributed by atoms with Crippen molar-refractivity contribution in [2.45, 2.75) is 31.7 Å². The summed E-state index contributed by atoms with van der Waals surface area (Å²) < 4.78 is 33.6. The molecule has 0 aliphatic carbocycles. The fourth-order valence-electron chi connectivity index (χ4n) is 4.76. The summed E-state index contributed by atoms with van der Waals surface area (Å²) >= 11 is 0. The highest BCUT2D eigenvalue weighted by Crippen LogP contribution is 2.35. The molecule has 0 radical (unpaired) electrons. The van der Waals surface area contributed by atoms with Crippen molar-refractivity contribution in [1.82, 2.24) is 9.71 Å². The molecule has 5 rings (SSSR count). The number of carbonyl (C=O) groups excluding carboxylic acids is 1. The number of carbonyl (C=O) groups is 2. The molecule has 0 aliphatic heterocycles. The molecule has 0 bridgehead atoms. The van der Waals surface area contributed by atoms with Crippen LogP contribution in [0.2, 0.25) is 0 Å². The fraction of sp³-hybridized carbons (Fsp3) is 0.156. The summed E-state index contributed by atoms with van der Waals surface area (Å²) in [6.45, 7) is 5.13. The van der Waals surface area contributed by atoms with Crippen LogP contribution < -0.4 is 10.0 Å². The maximum absolute atomic E-state index is 13.2. The number of carboxylic acids is 1. The van der Waals surface area contributed by atoms with Crippen molar-refractivity contribution in [1.29, 1.82) is 0 Å². The molecular formula is C32H29N3O6S. The number of hydrogen-bond donors (Lipinski definition) is 3. The number of sulfonamides is 1. The number of fused-ring (bicyclic) bond motifs is 1. The van der Waals surface area contributed by atoms with Crippen molar-refractivity contribution in [2.24, 2.45) is 5.92 Å². The minimum Gasteiger partial charge on any atom is -0.480 e. The number of hydrogen-bond acceptors (Lipinski definition) is 6. The summed E-state index contributed by atoms with van der Waals surface area (Å²) in [5.74, 6) is -1.80. The highest BCUT2D eigenvalue weighted by molar-refractivity contribution is 7.89. The zero-order chi connectivity index (χ0) is 30.0. The van der Waals surface area contributed by atoms with Crippen molar-refractivity contribution in [2.75, 3.05) is 5.32 Å². The van der Waals surface area contributed by atoms with Gasteiger partial charge >= 0.3 is 5.97 Å². The SMILES string of the molecule is Cc1c(C(=O)Nc2ccc(-c3ccc(S(=O)(=O)NC(C(=O)O)C(C)C)cc3)cc2)oc2cccc(-c3ccncc3)c12. The minimum absolute atomic E-state index is 0.0321. The lowest BCUT2D eigenvalue weighted by molar-refractivity contribution is -0.140. The average Bonchev–Trinajstić information content (AvgIpc) is 3.33. The molecule has 0 aliphatic rings. The number of anilines is 1. The number of aliphatic carboxylic acids is 1. The summed E-state index contributed by atoms with van der Waals surface area (Å²) in [6.07, 6.45) is 3.44. The average molecular weight is 584 g/mol. The van der Waals surface area contributed by atoms with Crippen LogP contribution in [0.25, 0.3) is 33.2 Å². The topological polar surface area (TPSA) is 139 Å². The number of aryl methyl sites for hydroxylation is 1. The Labute approximate surface area is 243 Å². The van der Waals surface area contributed by atoms with E-state index in [0.717, 1.165) is 33.2 Å². The van der Waals surface area contributed by atoms with E-state index in [9.17, 15) is 23.1 Å². The predicted octanol–water partition coefficient (Wildman–Crippen LogP) is 6.11. The number of pyridine rings is 1. The van der Waals surface area contributed by atoms with E-state index in [4.69, 9.17) is 4.42 Å². The van der Waals surface area contributed by atoms with Gasteiger partial charge in [-0.1, -0.05) is 50.2 Å². The summed E-state index contributed by atoms with van der Waals surface area (Å²) in [5, 5.41) is 13.1. The second kappa shape index (κ2) is 11.6. The largest absolute Gasteiger partial charge is 0.480 e. The predicted molar refractivity (Wildman–Crippen MR) is 161 cm³/mol. The Morgan fingerprint density at radius 3 is 2.07 bits per heavy atom. The van der Waals surface area contributed by atoms with Crippen LogP contribution in [0, 0.1) is 12.8 Å². The highest BCUT2D eigenvalue weighted by atomic mass is 32.2. The highest BCUT2D eigenvalue weighted by Gasteiger charge is 2.28. The van der Waals surface area contributed by atoms with Gasteiger partial charge in [-0.25, -0.2) is 8.42 Å². The van der Waals surface area contributed by atoms with Gasteiger partial charge in [-0.15, -0.1) is 0 Å². The molecule has 10 heteroatoms. The molecular weight excluding hydrogens is 554 g/mol. The third-order valence-corrected chi connectivity index (χ3v) is 8.46.